The first-order valence-electron chi connectivity index (χ1n) is 5.25. The summed E-state index contributed by atoms with van der Waals surface area (Å²) in [6.07, 6.45) is 2.59. The Morgan fingerprint density at radius 1 is 1.41 bits per heavy atom. The van der Waals surface area contributed by atoms with Crippen LogP contribution in [0.1, 0.15) is 19.4 Å². The predicted octanol–water partition coefficient (Wildman–Crippen LogP) is 2.80. The summed E-state index contributed by atoms with van der Waals surface area (Å²) in [5.41, 5.74) is 0.573. The second kappa shape index (κ2) is 6.03. The Bertz CT molecular complexity index is 425. The Hall–Kier alpha value is -1.84. The summed E-state index contributed by atoms with van der Waals surface area (Å²) in [5.74, 6) is -0.741. The van der Waals surface area contributed by atoms with Crippen LogP contribution in [0.2, 0.25) is 0 Å². The Labute approximate surface area is 99.9 Å². The fourth-order valence-electron chi connectivity index (χ4n) is 1.22. The van der Waals surface area contributed by atoms with E-state index in [1.165, 1.54) is 31.4 Å². The van der Waals surface area contributed by atoms with Gasteiger partial charge < -0.3 is 9.47 Å². The molecule has 0 spiro atoms. The molecule has 0 aliphatic rings. The van der Waals surface area contributed by atoms with E-state index in [1.807, 2.05) is 0 Å². The van der Waals surface area contributed by atoms with E-state index in [2.05, 4.69) is 0 Å². The number of halogens is 1. The first kappa shape index (κ1) is 13.2. The molecule has 0 unspecified atom stereocenters. The molecule has 0 fully saturated rings. The highest BCUT2D eigenvalue weighted by Gasteiger charge is 2.03. The lowest BCUT2D eigenvalue weighted by molar-refractivity contribution is -0.141. The molecule has 17 heavy (non-hydrogen) atoms. The highest BCUT2D eigenvalue weighted by atomic mass is 19.1. The molecule has 0 aliphatic heterocycles. The number of benzene rings is 1. The lowest BCUT2D eigenvalue weighted by Crippen LogP contribution is -2.08. The minimum Gasteiger partial charge on any atom is -0.494 e. The summed E-state index contributed by atoms with van der Waals surface area (Å²) >= 11 is 0. The van der Waals surface area contributed by atoms with Gasteiger partial charge in [0.2, 0.25) is 0 Å². The van der Waals surface area contributed by atoms with Gasteiger partial charge in [0, 0.05) is 6.08 Å². The van der Waals surface area contributed by atoms with E-state index in [0.29, 0.717) is 5.56 Å². The average molecular weight is 238 g/mol. The molecule has 0 aromatic heterocycles. The second-order valence-corrected chi connectivity index (χ2v) is 3.71. The van der Waals surface area contributed by atoms with Crippen molar-refractivity contribution in [3.63, 3.8) is 0 Å². The van der Waals surface area contributed by atoms with E-state index in [-0.39, 0.29) is 11.9 Å². The second-order valence-electron chi connectivity index (χ2n) is 3.71. The number of esters is 1. The standard InChI is InChI=1S/C13H15FO3/c1-9(2)17-13(15)7-5-10-4-6-12(16-3)11(14)8-10/h4-9H,1-3H3. The van der Waals surface area contributed by atoms with E-state index >= 15 is 0 Å². The van der Waals surface area contributed by atoms with Gasteiger partial charge in [-0.1, -0.05) is 6.07 Å². The van der Waals surface area contributed by atoms with E-state index in [1.54, 1.807) is 19.9 Å². The molecule has 1 aromatic rings. The Morgan fingerprint density at radius 2 is 2.12 bits per heavy atom. The maximum atomic E-state index is 13.3. The third-order valence-electron chi connectivity index (χ3n) is 1.94. The van der Waals surface area contributed by atoms with Gasteiger partial charge in [0.1, 0.15) is 0 Å². The van der Waals surface area contributed by atoms with E-state index in [9.17, 15) is 9.18 Å². The van der Waals surface area contributed by atoms with Crippen LogP contribution in [0.25, 0.3) is 6.08 Å². The van der Waals surface area contributed by atoms with Gasteiger partial charge >= 0.3 is 5.97 Å². The average Bonchev–Trinajstić information content (AvgIpc) is 2.25. The van der Waals surface area contributed by atoms with Crippen LogP contribution in [0.4, 0.5) is 4.39 Å². The maximum Gasteiger partial charge on any atom is 0.331 e. The molecule has 0 bridgehead atoms. The Balaban J connectivity index is 2.72. The van der Waals surface area contributed by atoms with Gasteiger partial charge in [0.15, 0.2) is 11.6 Å². The molecule has 0 atom stereocenters. The summed E-state index contributed by atoms with van der Waals surface area (Å²) < 4.78 is 23.0. The molecule has 0 saturated heterocycles. The molecule has 4 heteroatoms. The predicted molar refractivity (Wildman–Crippen MR) is 63.2 cm³/mol. The van der Waals surface area contributed by atoms with Crippen molar-refractivity contribution in [2.24, 2.45) is 0 Å². The van der Waals surface area contributed by atoms with Crippen molar-refractivity contribution in [1.29, 1.82) is 0 Å². The number of carbonyl (C=O) groups is 1. The highest BCUT2D eigenvalue weighted by molar-refractivity contribution is 5.87. The van der Waals surface area contributed by atoms with E-state index in [4.69, 9.17) is 9.47 Å². The summed E-state index contributed by atoms with van der Waals surface area (Å²) in [6.45, 7) is 3.53. The summed E-state index contributed by atoms with van der Waals surface area (Å²) in [4.78, 5) is 11.2. The molecule has 0 N–H and O–H groups in total. The first-order chi connectivity index (χ1) is 8.02. The molecular weight excluding hydrogens is 223 g/mol. The number of methoxy groups -OCH3 is 1. The molecule has 0 amide bonds. The maximum absolute atomic E-state index is 13.3. The Morgan fingerprint density at radius 3 is 2.65 bits per heavy atom. The van der Waals surface area contributed by atoms with Gasteiger partial charge in [-0.05, 0) is 37.6 Å². The number of rotatable bonds is 4. The number of carbonyl (C=O) groups excluding carboxylic acids is 1. The molecule has 0 saturated carbocycles. The summed E-state index contributed by atoms with van der Waals surface area (Å²) in [6, 6.07) is 4.45. The van der Waals surface area contributed by atoms with Crippen molar-refractivity contribution in [2.75, 3.05) is 7.11 Å². The first-order valence-corrected chi connectivity index (χ1v) is 5.25. The van der Waals surface area contributed by atoms with E-state index in [0.717, 1.165) is 0 Å². The SMILES string of the molecule is COc1ccc(C=CC(=O)OC(C)C)cc1F. The Kier molecular flexibility index (Phi) is 4.69. The van der Waals surface area contributed by atoms with Crippen molar-refractivity contribution in [3.05, 3.63) is 35.7 Å². The third-order valence-corrected chi connectivity index (χ3v) is 1.94. The number of hydrogen-bond donors (Lipinski definition) is 0. The smallest absolute Gasteiger partial charge is 0.331 e. The van der Waals surface area contributed by atoms with Crippen LogP contribution in [-0.2, 0) is 9.53 Å². The molecule has 1 aromatic carbocycles. The van der Waals surface area contributed by atoms with Crippen LogP contribution in [0.5, 0.6) is 5.75 Å². The molecule has 1 rings (SSSR count). The van der Waals surface area contributed by atoms with Crippen molar-refractivity contribution in [1.82, 2.24) is 0 Å². The van der Waals surface area contributed by atoms with Gasteiger partial charge in [-0.3, -0.25) is 0 Å². The fraction of sp³-hybridized carbons (Fsp3) is 0.308. The summed E-state index contributed by atoms with van der Waals surface area (Å²) in [5, 5.41) is 0. The molecule has 0 radical (unpaired) electrons. The van der Waals surface area contributed by atoms with Crippen LogP contribution in [0.3, 0.4) is 0 Å². The van der Waals surface area contributed by atoms with Gasteiger partial charge in [0.25, 0.3) is 0 Å². The van der Waals surface area contributed by atoms with Crippen LogP contribution in [0, 0.1) is 5.82 Å². The normalized spacial score (nSPS) is 10.9. The lowest BCUT2D eigenvalue weighted by Gasteiger charge is -2.04. The summed E-state index contributed by atoms with van der Waals surface area (Å²) in [7, 11) is 1.40. The number of ether oxygens (including phenoxy) is 2. The van der Waals surface area contributed by atoms with Crippen molar-refractivity contribution in [2.45, 2.75) is 20.0 Å². The van der Waals surface area contributed by atoms with Crippen LogP contribution in [-0.4, -0.2) is 19.2 Å². The quantitative estimate of drug-likeness (QED) is 0.597. The zero-order valence-electron chi connectivity index (χ0n) is 10.1. The fourth-order valence-corrected chi connectivity index (χ4v) is 1.22. The van der Waals surface area contributed by atoms with Crippen LogP contribution < -0.4 is 4.74 Å². The highest BCUT2D eigenvalue weighted by Crippen LogP contribution is 2.18. The van der Waals surface area contributed by atoms with Crippen molar-refractivity contribution in [3.8, 4) is 5.75 Å². The molecule has 0 aliphatic carbocycles. The molecule has 0 heterocycles. The molecular formula is C13H15FO3. The zero-order chi connectivity index (χ0) is 12.8. The van der Waals surface area contributed by atoms with Gasteiger partial charge in [0.05, 0.1) is 13.2 Å². The van der Waals surface area contributed by atoms with Gasteiger partial charge in [-0.2, -0.15) is 0 Å². The minimum atomic E-state index is -0.466. The van der Waals surface area contributed by atoms with Crippen LogP contribution >= 0.6 is 0 Å². The number of hydrogen-bond acceptors (Lipinski definition) is 3. The molecule has 92 valence electrons. The molecule has 3 nitrogen and oxygen atoms in total. The van der Waals surface area contributed by atoms with Gasteiger partial charge in [-0.25, -0.2) is 9.18 Å². The zero-order valence-corrected chi connectivity index (χ0v) is 10.1. The van der Waals surface area contributed by atoms with Crippen molar-refractivity contribution < 1.29 is 18.7 Å². The largest absolute Gasteiger partial charge is 0.494 e. The van der Waals surface area contributed by atoms with Gasteiger partial charge in [-0.15, -0.1) is 0 Å². The monoisotopic (exact) mass is 238 g/mol. The minimum absolute atomic E-state index is 0.167. The van der Waals surface area contributed by atoms with E-state index < -0.39 is 11.8 Å². The van der Waals surface area contributed by atoms with Crippen molar-refractivity contribution >= 4 is 12.0 Å². The lowest BCUT2D eigenvalue weighted by atomic mass is 10.2. The van der Waals surface area contributed by atoms with Crippen LogP contribution in [0.15, 0.2) is 24.3 Å². The third kappa shape index (κ3) is 4.26. The topological polar surface area (TPSA) is 35.5 Å².